The van der Waals surface area contributed by atoms with Gasteiger partial charge in [0.2, 0.25) is 5.91 Å². The number of fused-ring (bicyclic) bond motifs is 1. The summed E-state index contributed by atoms with van der Waals surface area (Å²) >= 11 is 1.32. The van der Waals surface area contributed by atoms with Crippen molar-refractivity contribution in [1.29, 1.82) is 0 Å². The largest absolute Gasteiger partial charge is 0.376 e. The van der Waals surface area contributed by atoms with E-state index in [4.69, 9.17) is 4.74 Å². The maximum absolute atomic E-state index is 13.0. The molecule has 1 amide bonds. The van der Waals surface area contributed by atoms with Gasteiger partial charge in [0, 0.05) is 24.4 Å². The molecule has 1 aromatic carbocycles. The van der Waals surface area contributed by atoms with Crippen LogP contribution >= 0.6 is 11.8 Å². The van der Waals surface area contributed by atoms with Gasteiger partial charge in [-0.05, 0) is 56.2 Å². The number of amides is 1. The predicted molar refractivity (Wildman–Crippen MR) is 113 cm³/mol. The number of hydrogen-bond acceptors (Lipinski definition) is 5. The molecule has 0 spiro atoms. The van der Waals surface area contributed by atoms with Gasteiger partial charge < -0.3 is 10.1 Å². The van der Waals surface area contributed by atoms with E-state index in [0.29, 0.717) is 18.1 Å². The number of aromatic nitrogens is 2. The van der Waals surface area contributed by atoms with Gasteiger partial charge in [-0.2, -0.15) is 4.98 Å². The second kappa shape index (κ2) is 9.75. The molecule has 1 aromatic heterocycles. The van der Waals surface area contributed by atoms with E-state index in [-0.39, 0.29) is 29.3 Å². The van der Waals surface area contributed by atoms with Crippen LogP contribution in [0.25, 0.3) is 0 Å². The average Bonchev–Trinajstić information content (AvgIpc) is 3.27. The Bertz CT molecular complexity index is 955. The van der Waals surface area contributed by atoms with Crippen LogP contribution in [0.2, 0.25) is 0 Å². The van der Waals surface area contributed by atoms with Gasteiger partial charge in [0.05, 0.1) is 18.4 Å². The van der Waals surface area contributed by atoms with Crippen LogP contribution in [0.1, 0.15) is 42.5 Å². The van der Waals surface area contributed by atoms with Gasteiger partial charge in [-0.1, -0.05) is 23.9 Å². The molecule has 2 heterocycles. The lowest BCUT2D eigenvalue weighted by Crippen LogP contribution is -2.34. The summed E-state index contributed by atoms with van der Waals surface area (Å²) < 4.78 is 20.5. The van der Waals surface area contributed by atoms with Gasteiger partial charge >= 0.3 is 5.69 Å². The number of carbonyl (C=O) groups is 1. The lowest BCUT2D eigenvalue weighted by molar-refractivity contribution is -0.118. The molecule has 30 heavy (non-hydrogen) atoms. The third-order valence-corrected chi connectivity index (χ3v) is 6.62. The van der Waals surface area contributed by atoms with Gasteiger partial charge in [0.1, 0.15) is 10.8 Å². The molecule has 0 saturated carbocycles. The van der Waals surface area contributed by atoms with Crippen molar-refractivity contribution in [3.05, 3.63) is 57.4 Å². The van der Waals surface area contributed by atoms with Crippen molar-refractivity contribution in [2.75, 3.05) is 12.4 Å². The number of rotatable bonds is 7. The molecule has 4 rings (SSSR count). The Morgan fingerprint density at radius 2 is 2.03 bits per heavy atom. The molecule has 160 valence electrons. The minimum absolute atomic E-state index is 0.0891. The smallest absolute Gasteiger partial charge is 0.348 e. The van der Waals surface area contributed by atoms with Crippen molar-refractivity contribution in [2.45, 2.75) is 62.7 Å². The standard InChI is InChI=1S/C22H26FN3O3S/c23-16-9-7-15(8-10-16)12-24-20(27)14-30-21-18-5-1-2-6-19(18)26(22(28)25-21)13-17-4-3-11-29-17/h7-10,17H,1-6,11-14H2,(H,24,27)/t17-/m0/s1. The Balaban J connectivity index is 1.42. The Hall–Kier alpha value is -2.19. The molecule has 1 N–H and O–H groups in total. The highest BCUT2D eigenvalue weighted by molar-refractivity contribution is 7.99. The summed E-state index contributed by atoms with van der Waals surface area (Å²) in [4.78, 5) is 29.3. The molecule has 6 nitrogen and oxygen atoms in total. The fourth-order valence-corrected chi connectivity index (χ4v) is 4.94. The number of carbonyl (C=O) groups excluding carboxylic acids is 1. The quantitative estimate of drug-likeness (QED) is 0.539. The summed E-state index contributed by atoms with van der Waals surface area (Å²) in [6.07, 6.45) is 5.98. The maximum Gasteiger partial charge on any atom is 0.348 e. The third kappa shape index (κ3) is 5.10. The summed E-state index contributed by atoms with van der Waals surface area (Å²) in [6, 6.07) is 6.04. The fraction of sp³-hybridized carbons (Fsp3) is 0.500. The lowest BCUT2D eigenvalue weighted by atomic mass is 9.97. The normalized spacial score (nSPS) is 18.2. The van der Waals surface area contributed by atoms with Gasteiger partial charge in [-0.15, -0.1) is 0 Å². The van der Waals surface area contributed by atoms with Crippen molar-refractivity contribution in [1.82, 2.24) is 14.9 Å². The van der Waals surface area contributed by atoms with E-state index in [1.807, 2.05) is 0 Å². The number of ether oxygens (including phenoxy) is 1. The second-order valence-corrected chi connectivity index (χ2v) is 8.73. The zero-order valence-corrected chi connectivity index (χ0v) is 17.7. The molecule has 1 atom stereocenters. The number of halogens is 1. The highest BCUT2D eigenvalue weighted by atomic mass is 32.2. The van der Waals surface area contributed by atoms with Crippen molar-refractivity contribution in [3.8, 4) is 0 Å². The Kier molecular flexibility index (Phi) is 6.84. The fourth-order valence-electron chi connectivity index (χ4n) is 4.04. The molecular weight excluding hydrogens is 405 g/mol. The molecule has 0 bridgehead atoms. The average molecular weight is 432 g/mol. The van der Waals surface area contributed by atoms with Crippen LogP contribution in [0.4, 0.5) is 4.39 Å². The van der Waals surface area contributed by atoms with E-state index in [0.717, 1.165) is 62.0 Å². The number of hydrogen-bond donors (Lipinski definition) is 1. The summed E-state index contributed by atoms with van der Waals surface area (Å²) in [6.45, 7) is 1.67. The van der Waals surface area contributed by atoms with Crippen molar-refractivity contribution < 1.29 is 13.9 Å². The van der Waals surface area contributed by atoms with Crippen LogP contribution in [0.5, 0.6) is 0 Å². The first-order chi connectivity index (χ1) is 14.6. The topological polar surface area (TPSA) is 73.2 Å². The van der Waals surface area contributed by atoms with Crippen LogP contribution in [-0.4, -0.2) is 33.9 Å². The number of nitrogens with zero attached hydrogens (tertiary/aromatic N) is 2. The first kappa shape index (κ1) is 21.1. The van der Waals surface area contributed by atoms with E-state index in [9.17, 15) is 14.0 Å². The molecule has 8 heteroatoms. The van der Waals surface area contributed by atoms with Crippen molar-refractivity contribution in [3.63, 3.8) is 0 Å². The Morgan fingerprint density at radius 3 is 2.80 bits per heavy atom. The minimum Gasteiger partial charge on any atom is -0.376 e. The maximum atomic E-state index is 13.0. The highest BCUT2D eigenvalue weighted by Gasteiger charge is 2.24. The van der Waals surface area contributed by atoms with Crippen LogP contribution < -0.4 is 11.0 Å². The van der Waals surface area contributed by atoms with Crippen molar-refractivity contribution in [2.24, 2.45) is 0 Å². The molecule has 1 saturated heterocycles. The van der Waals surface area contributed by atoms with E-state index < -0.39 is 0 Å². The predicted octanol–water partition coefficient (Wildman–Crippen LogP) is 2.85. The van der Waals surface area contributed by atoms with Gasteiger partial charge in [-0.3, -0.25) is 9.36 Å². The zero-order valence-electron chi connectivity index (χ0n) is 16.9. The third-order valence-electron chi connectivity index (χ3n) is 5.60. The first-order valence-corrected chi connectivity index (χ1v) is 11.5. The monoisotopic (exact) mass is 431 g/mol. The van der Waals surface area contributed by atoms with E-state index >= 15 is 0 Å². The van der Waals surface area contributed by atoms with E-state index in [1.165, 1.54) is 23.9 Å². The molecule has 1 fully saturated rings. The molecule has 2 aliphatic rings. The minimum atomic E-state index is -0.300. The SMILES string of the molecule is O=C(CSc1nc(=O)n(C[C@@H]2CCCO2)c2c1CCCC2)NCc1ccc(F)cc1. The van der Waals surface area contributed by atoms with Gasteiger partial charge in [0.25, 0.3) is 0 Å². The highest BCUT2D eigenvalue weighted by Crippen LogP contribution is 2.29. The van der Waals surface area contributed by atoms with Crippen LogP contribution in [-0.2, 0) is 35.5 Å². The van der Waals surface area contributed by atoms with E-state index in [2.05, 4.69) is 10.3 Å². The zero-order chi connectivity index (χ0) is 20.9. The van der Waals surface area contributed by atoms with Gasteiger partial charge in [-0.25, -0.2) is 9.18 Å². The molecule has 1 aliphatic carbocycles. The van der Waals surface area contributed by atoms with E-state index in [1.54, 1.807) is 16.7 Å². The Morgan fingerprint density at radius 1 is 1.23 bits per heavy atom. The molecular formula is C22H26FN3O3S. The molecule has 1 aliphatic heterocycles. The number of thioether (sulfide) groups is 1. The molecule has 0 radical (unpaired) electrons. The van der Waals surface area contributed by atoms with Crippen molar-refractivity contribution >= 4 is 17.7 Å². The summed E-state index contributed by atoms with van der Waals surface area (Å²) in [5.41, 5.74) is 2.75. The lowest BCUT2D eigenvalue weighted by Gasteiger charge is -2.24. The van der Waals surface area contributed by atoms with Crippen LogP contribution in [0.3, 0.4) is 0 Å². The second-order valence-electron chi connectivity index (χ2n) is 7.77. The summed E-state index contributed by atoms with van der Waals surface area (Å²) in [5, 5.41) is 3.51. The number of nitrogens with one attached hydrogen (secondary N) is 1. The molecule has 2 aromatic rings. The first-order valence-electron chi connectivity index (χ1n) is 10.5. The van der Waals surface area contributed by atoms with Gasteiger partial charge in [0.15, 0.2) is 0 Å². The number of benzene rings is 1. The summed E-state index contributed by atoms with van der Waals surface area (Å²) in [7, 11) is 0. The summed E-state index contributed by atoms with van der Waals surface area (Å²) in [5.74, 6) is -0.250. The van der Waals surface area contributed by atoms with Crippen LogP contribution in [0.15, 0.2) is 34.1 Å². The molecule has 0 unspecified atom stereocenters. The Labute approximate surface area is 179 Å². The van der Waals surface area contributed by atoms with Crippen LogP contribution in [0, 0.1) is 5.82 Å².